The topological polar surface area (TPSA) is 75.0 Å². The third-order valence-corrected chi connectivity index (χ3v) is 6.27. The standard InChI is InChI=1S/C28H33N3O4/c1-21-9-6-10-22(2)27(21)29-28(33)31(19-25-14-8-16-35-25)20-26(32)30(18-24-13-7-15-34-24)17-23-11-4-3-5-12-23/h3-7,9-13,15,25H,8,14,16-20H2,1-2H3,(H,29,33). The summed E-state index contributed by atoms with van der Waals surface area (Å²) in [4.78, 5) is 30.3. The van der Waals surface area contributed by atoms with Crippen molar-refractivity contribution in [1.82, 2.24) is 9.80 Å². The second kappa shape index (κ2) is 11.7. The molecule has 7 nitrogen and oxygen atoms in total. The molecule has 1 aromatic heterocycles. The Kier molecular flexibility index (Phi) is 8.21. The third kappa shape index (κ3) is 6.73. The highest BCUT2D eigenvalue weighted by atomic mass is 16.5. The zero-order chi connectivity index (χ0) is 24.6. The van der Waals surface area contributed by atoms with Crippen LogP contribution < -0.4 is 5.32 Å². The van der Waals surface area contributed by atoms with Crippen LogP contribution in [0.15, 0.2) is 71.3 Å². The summed E-state index contributed by atoms with van der Waals surface area (Å²) in [5, 5.41) is 3.03. The van der Waals surface area contributed by atoms with Gasteiger partial charge < -0.3 is 24.3 Å². The number of furan rings is 1. The number of carbonyl (C=O) groups is 2. The number of nitrogens with one attached hydrogen (secondary N) is 1. The number of ether oxygens (including phenoxy) is 1. The molecule has 1 N–H and O–H groups in total. The van der Waals surface area contributed by atoms with E-state index in [-0.39, 0.29) is 24.6 Å². The van der Waals surface area contributed by atoms with E-state index in [1.165, 1.54) is 0 Å². The van der Waals surface area contributed by atoms with E-state index in [9.17, 15) is 9.59 Å². The summed E-state index contributed by atoms with van der Waals surface area (Å²) in [6.45, 7) is 5.67. The molecule has 4 rings (SSSR count). The summed E-state index contributed by atoms with van der Waals surface area (Å²) in [5.74, 6) is 0.542. The SMILES string of the molecule is Cc1cccc(C)c1NC(=O)N(CC(=O)N(Cc1ccccc1)Cc1ccco1)CC1CCCO1. The number of rotatable bonds is 9. The zero-order valence-corrected chi connectivity index (χ0v) is 20.4. The van der Waals surface area contributed by atoms with Gasteiger partial charge in [-0.05, 0) is 55.5 Å². The number of nitrogens with zero attached hydrogens (tertiary/aromatic N) is 2. The lowest BCUT2D eigenvalue weighted by Gasteiger charge is -2.29. The molecule has 0 radical (unpaired) electrons. The maximum absolute atomic E-state index is 13.6. The number of hydrogen-bond donors (Lipinski definition) is 1. The van der Waals surface area contributed by atoms with Crippen LogP contribution in [0, 0.1) is 13.8 Å². The van der Waals surface area contributed by atoms with Gasteiger partial charge in [0.05, 0.1) is 18.9 Å². The summed E-state index contributed by atoms with van der Waals surface area (Å²) in [7, 11) is 0. The fourth-order valence-corrected chi connectivity index (χ4v) is 4.34. The Morgan fingerprint density at radius 2 is 1.71 bits per heavy atom. The van der Waals surface area contributed by atoms with Crippen LogP contribution in [-0.4, -0.2) is 47.5 Å². The molecule has 35 heavy (non-hydrogen) atoms. The smallest absolute Gasteiger partial charge is 0.322 e. The molecule has 3 aromatic rings. The van der Waals surface area contributed by atoms with Gasteiger partial charge in [0.25, 0.3) is 0 Å². The predicted octanol–water partition coefficient (Wildman–Crippen LogP) is 5.14. The molecule has 1 aliphatic rings. The molecule has 1 unspecified atom stereocenters. The van der Waals surface area contributed by atoms with Crippen molar-refractivity contribution in [3.05, 3.63) is 89.4 Å². The number of urea groups is 1. The Bertz CT molecular complexity index is 1090. The highest BCUT2D eigenvalue weighted by molar-refractivity contribution is 5.93. The van der Waals surface area contributed by atoms with Gasteiger partial charge in [-0.3, -0.25) is 4.79 Å². The van der Waals surface area contributed by atoms with Crippen LogP contribution in [0.4, 0.5) is 10.5 Å². The van der Waals surface area contributed by atoms with Gasteiger partial charge in [0, 0.05) is 25.4 Å². The third-order valence-electron chi connectivity index (χ3n) is 6.27. The van der Waals surface area contributed by atoms with Crippen molar-refractivity contribution in [2.24, 2.45) is 0 Å². The van der Waals surface area contributed by atoms with Gasteiger partial charge in [0.15, 0.2) is 0 Å². The molecule has 7 heteroatoms. The van der Waals surface area contributed by atoms with E-state index >= 15 is 0 Å². The van der Waals surface area contributed by atoms with Crippen LogP contribution in [0.5, 0.6) is 0 Å². The minimum atomic E-state index is -0.302. The molecule has 1 aliphatic heterocycles. The lowest BCUT2D eigenvalue weighted by atomic mass is 10.1. The van der Waals surface area contributed by atoms with Crippen LogP contribution in [0.2, 0.25) is 0 Å². The van der Waals surface area contributed by atoms with E-state index in [0.717, 1.165) is 35.2 Å². The van der Waals surface area contributed by atoms with Gasteiger partial charge >= 0.3 is 6.03 Å². The van der Waals surface area contributed by atoms with Crippen LogP contribution in [0.25, 0.3) is 0 Å². The van der Waals surface area contributed by atoms with Crippen molar-refractivity contribution >= 4 is 17.6 Å². The molecule has 0 saturated carbocycles. The molecular formula is C28H33N3O4. The quantitative estimate of drug-likeness (QED) is 0.465. The second-order valence-electron chi connectivity index (χ2n) is 9.03. The highest BCUT2D eigenvalue weighted by Gasteiger charge is 2.27. The Balaban J connectivity index is 1.52. The number of anilines is 1. The van der Waals surface area contributed by atoms with Crippen LogP contribution in [0.3, 0.4) is 0 Å². The molecule has 3 amide bonds. The summed E-state index contributed by atoms with van der Waals surface area (Å²) in [6.07, 6.45) is 3.37. The van der Waals surface area contributed by atoms with Crippen molar-refractivity contribution < 1.29 is 18.7 Å². The number of hydrogen-bond acceptors (Lipinski definition) is 4. The van der Waals surface area contributed by atoms with Crippen molar-refractivity contribution in [2.75, 3.05) is 25.0 Å². The summed E-state index contributed by atoms with van der Waals surface area (Å²) >= 11 is 0. The van der Waals surface area contributed by atoms with E-state index in [0.29, 0.717) is 32.0 Å². The van der Waals surface area contributed by atoms with Crippen molar-refractivity contribution in [3.63, 3.8) is 0 Å². The summed E-state index contributed by atoms with van der Waals surface area (Å²) in [6, 6.07) is 19.1. The molecule has 1 atom stereocenters. The number of aryl methyl sites for hydroxylation is 2. The molecule has 0 spiro atoms. The minimum absolute atomic E-state index is 0.0514. The number of benzene rings is 2. The van der Waals surface area contributed by atoms with Crippen molar-refractivity contribution in [1.29, 1.82) is 0 Å². The van der Waals surface area contributed by atoms with E-state index in [1.807, 2.05) is 74.5 Å². The van der Waals surface area contributed by atoms with Gasteiger partial charge in [0.1, 0.15) is 12.3 Å². The average Bonchev–Trinajstić information content (AvgIpc) is 3.56. The molecule has 184 valence electrons. The first-order valence-electron chi connectivity index (χ1n) is 12.1. The molecular weight excluding hydrogens is 442 g/mol. The van der Waals surface area contributed by atoms with E-state index in [1.54, 1.807) is 16.1 Å². The highest BCUT2D eigenvalue weighted by Crippen LogP contribution is 2.21. The van der Waals surface area contributed by atoms with Crippen LogP contribution >= 0.6 is 0 Å². The Morgan fingerprint density at radius 1 is 0.943 bits per heavy atom. The van der Waals surface area contributed by atoms with Crippen molar-refractivity contribution in [2.45, 2.75) is 45.9 Å². The summed E-state index contributed by atoms with van der Waals surface area (Å²) in [5.41, 5.74) is 3.74. The van der Waals surface area contributed by atoms with Gasteiger partial charge in [-0.1, -0.05) is 48.5 Å². The van der Waals surface area contributed by atoms with Gasteiger partial charge in [-0.15, -0.1) is 0 Å². The molecule has 2 heterocycles. The maximum Gasteiger partial charge on any atom is 0.322 e. The van der Waals surface area contributed by atoms with Crippen LogP contribution in [0.1, 0.15) is 35.3 Å². The largest absolute Gasteiger partial charge is 0.467 e. The van der Waals surface area contributed by atoms with E-state index in [2.05, 4.69) is 5.32 Å². The Hall–Kier alpha value is -3.58. The van der Waals surface area contributed by atoms with Gasteiger partial charge in [-0.2, -0.15) is 0 Å². The number of amides is 3. The molecule has 0 aliphatic carbocycles. The first-order valence-corrected chi connectivity index (χ1v) is 12.1. The fourth-order valence-electron chi connectivity index (χ4n) is 4.34. The normalized spacial score (nSPS) is 15.1. The maximum atomic E-state index is 13.6. The Morgan fingerprint density at radius 3 is 2.37 bits per heavy atom. The zero-order valence-electron chi connectivity index (χ0n) is 20.4. The van der Waals surface area contributed by atoms with E-state index in [4.69, 9.17) is 9.15 Å². The molecule has 1 fully saturated rings. The molecule has 1 saturated heterocycles. The fraction of sp³-hybridized carbons (Fsp3) is 0.357. The molecule has 0 bridgehead atoms. The lowest BCUT2D eigenvalue weighted by Crippen LogP contribution is -2.47. The van der Waals surface area contributed by atoms with Gasteiger partial charge in [-0.25, -0.2) is 4.79 Å². The average molecular weight is 476 g/mol. The predicted molar refractivity (Wildman–Crippen MR) is 135 cm³/mol. The first-order chi connectivity index (χ1) is 17.0. The monoisotopic (exact) mass is 475 g/mol. The van der Waals surface area contributed by atoms with Crippen molar-refractivity contribution in [3.8, 4) is 0 Å². The van der Waals surface area contributed by atoms with Gasteiger partial charge in [0.2, 0.25) is 5.91 Å². The molecule has 2 aromatic carbocycles. The number of carbonyl (C=O) groups excluding carboxylic acids is 2. The Labute approximate surface area is 206 Å². The lowest BCUT2D eigenvalue weighted by molar-refractivity contribution is -0.133. The minimum Gasteiger partial charge on any atom is -0.467 e. The summed E-state index contributed by atoms with van der Waals surface area (Å²) < 4.78 is 11.3. The van der Waals surface area contributed by atoms with E-state index < -0.39 is 0 Å². The van der Waals surface area contributed by atoms with Crippen LogP contribution in [-0.2, 0) is 22.6 Å². The first kappa shape index (κ1) is 24.5. The second-order valence-corrected chi connectivity index (χ2v) is 9.03. The number of para-hydroxylation sites is 1.